The number of para-hydroxylation sites is 7. The zero-order valence-corrected chi connectivity index (χ0v) is 60.8. The van der Waals surface area contributed by atoms with Crippen LogP contribution in [0.3, 0.4) is 0 Å². The number of methoxy groups -OCH3 is 1. The minimum atomic E-state index is -0.941. The van der Waals surface area contributed by atoms with E-state index in [1.165, 1.54) is 37.4 Å². The number of aromatic amines is 8. The largest absolute Gasteiger partial charge is 0.497 e. The number of morpholine rings is 1. The van der Waals surface area contributed by atoms with Crippen LogP contribution in [0.25, 0.3) is 90.2 Å². The van der Waals surface area contributed by atoms with Crippen LogP contribution in [0.1, 0.15) is 65.4 Å². The fourth-order valence-electron chi connectivity index (χ4n) is 12.9. The zero-order chi connectivity index (χ0) is 77.7. The van der Waals surface area contributed by atoms with E-state index in [0.717, 1.165) is 114 Å². The molecule has 0 spiro atoms. The summed E-state index contributed by atoms with van der Waals surface area (Å²) >= 11 is 0. The van der Waals surface area contributed by atoms with E-state index in [0.29, 0.717) is 97.9 Å². The van der Waals surface area contributed by atoms with Crippen molar-refractivity contribution < 1.29 is 46.6 Å². The van der Waals surface area contributed by atoms with Crippen LogP contribution in [0.2, 0.25) is 0 Å². The lowest BCUT2D eigenvalue weighted by Gasteiger charge is -2.26. The summed E-state index contributed by atoms with van der Waals surface area (Å²) in [6.45, 7) is 9.36. The number of ether oxygens (including phenoxy) is 3. The van der Waals surface area contributed by atoms with Crippen molar-refractivity contribution in [3.05, 3.63) is 252 Å². The molecule has 570 valence electrons. The van der Waals surface area contributed by atoms with Gasteiger partial charge in [0.2, 0.25) is 0 Å². The number of H-pyrrole nitrogens is 8. The highest BCUT2D eigenvalue weighted by Crippen LogP contribution is 2.32. The Kier molecular flexibility index (Phi) is 22.3. The number of halogens is 3. The fraction of sp³-hybridized carbons (Fsp3) is 0.160. The Morgan fingerprint density at radius 1 is 0.460 bits per heavy atom. The van der Waals surface area contributed by atoms with Gasteiger partial charge >= 0.3 is 0 Å². The Balaban J connectivity index is 0.000000120. The lowest BCUT2D eigenvalue weighted by molar-refractivity contribution is 0.0342. The molecule has 2 saturated heterocycles. The van der Waals surface area contributed by atoms with Crippen molar-refractivity contribution in [2.75, 3.05) is 80.9 Å². The first-order valence-electron chi connectivity index (χ1n) is 36.0. The molecule has 4 amide bonds. The van der Waals surface area contributed by atoms with E-state index in [1.807, 2.05) is 109 Å². The molecule has 2 fully saturated rings. The van der Waals surface area contributed by atoms with Crippen molar-refractivity contribution in [1.29, 1.82) is 0 Å². The number of hydrogen-bond donors (Lipinski definition) is 12. The number of nitrogens with one attached hydrogen (secondary N) is 12. The molecule has 8 aromatic heterocycles. The molecule has 0 aliphatic carbocycles. The molecule has 0 radical (unpaired) electrons. The van der Waals surface area contributed by atoms with E-state index in [1.54, 1.807) is 68.9 Å². The first-order chi connectivity index (χ1) is 55.2. The van der Waals surface area contributed by atoms with Gasteiger partial charge in [0.1, 0.15) is 63.9 Å². The lowest BCUT2D eigenvalue weighted by atomic mass is 10.1. The molecule has 18 rings (SSSR count). The number of nitrogens with zero attached hydrogens (tertiary/aromatic N) is 10. The topological polar surface area (TPSA) is 380 Å². The van der Waals surface area contributed by atoms with Gasteiger partial charge in [-0.1, -0.05) is 78.9 Å². The second kappa shape index (κ2) is 34.0. The van der Waals surface area contributed by atoms with Gasteiger partial charge in [0, 0.05) is 31.7 Å². The standard InChI is InChI=1S/C23H24N6O2.C22H20F2N6O2.C18H14FN5O.C18H15N5O2/c30-23(16-7-1-4-10-20(16)31-14-13-29-11-5-6-12-29)27-19-15-24-28-21(19)22-25-17-8-2-3-9-18(17)26-22;23-14-2-1-3-15(24)19(14)22(31)28-18-11-25-29-20(18)21-26-16-5-4-13(10-17(16)27-21)12-30-6-8-32-9-7-30;1-10-5-4-6-11(15(10)19)18(25)23-14-9-20-24-16(14)17-21-12-7-2-3-8-13(12)22-17;1-25-12-6-4-5-11(9-12)18(24)22-15-10-19-23-16(15)17-20-13-7-2-3-8-14(13)21-17/h1-4,7-10,15H,5-6,11-14H2,(H,24,28)(H,25,26)(H,27,30);1-5,10-11H,6-9,12H2,(H,25,29)(H,26,27)(H,28,31);2-9H,1H3,(H,20,24)(H,21,22)(H,23,25);2-10H,1H3,(H,19,23)(H,20,21)(H,22,24). The first kappa shape index (κ1) is 74.1. The number of benzene rings is 8. The van der Waals surface area contributed by atoms with Crippen LogP contribution in [0, 0.1) is 24.4 Å². The number of fused-ring (bicyclic) bond motifs is 4. The molecule has 0 atom stereocenters. The smallest absolute Gasteiger partial charge is 0.261 e. The van der Waals surface area contributed by atoms with Crippen LogP contribution in [0.4, 0.5) is 35.9 Å². The maximum Gasteiger partial charge on any atom is 0.261 e. The Morgan fingerprint density at radius 3 is 1.44 bits per heavy atom. The van der Waals surface area contributed by atoms with Crippen LogP contribution >= 0.6 is 0 Å². The van der Waals surface area contributed by atoms with Crippen LogP contribution in [0.15, 0.2) is 201 Å². The van der Waals surface area contributed by atoms with Crippen LogP contribution in [-0.2, 0) is 11.3 Å². The van der Waals surface area contributed by atoms with Crippen molar-refractivity contribution in [2.45, 2.75) is 26.3 Å². The van der Waals surface area contributed by atoms with Gasteiger partial charge in [-0.2, -0.15) is 20.4 Å². The molecule has 2 aliphatic heterocycles. The van der Waals surface area contributed by atoms with Crippen molar-refractivity contribution in [3.63, 3.8) is 0 Å². The van der Waals surface area contributed by atoms with Gasteiger partial charge in [0.25, 0.3) is 23.6 Å². The summed E-state index contributed by atoms with van der Waals surface area (Å²) in [7, 11) is 1.56. The average Bonchev–Trinajstić information content (AvgIpc) is 1.67. The number of carbonyl (C=O) groups excluding carboxylic acids is 4. The van der Waals surface area contributed by atoms with Gasteiger partial charge in [-0.15, -0.1) is 0 Å². The minimum Gasteiger partial charge on any atom is -0.497 e. The van der Waals surface area contributed by atoms with E-state index in [2.05, 4.69) is 112 Å². The summed E-state index contributed by atoms with van der Waals surface area (Å²) < 4.78 is 58.5. The molecule has 10 heterocycles. The highest BCUT2D eigenvalue weighted by atomic mass is 19.1. The monoisotopic (exact) mass is 1520 g/mol. The Hall–Kier alpha value is -14.4. The van der Waals surface area contributed by atoms with Crippen LogP contribution < -0.4 is 30.7 Å². The lowest BCUT2D eigenvalue weighted by Crippen LogP contribution is -2.35. The molecule has 0 unspecified atom stereocenters. The quantitative estimate of drug-likeness (QED) is 0.0358. The number of likely N-dealkylation sites (tertiary alicyclic amines) is 1. The van der Waals surface area contributed by atoms with Crippen LogP contribution in [0.5, 0.6) is 11.5 Å². The molecule has 29 nitrogen and oxygen atoms in total. The average molecular weight is 1520 g/mol. The van der Waals surface area contributed by atoms with Gasteiger partial charge in [0.05, 0.1) is 123 Å². The molecule has 16 aromatic rings. The Labute approximate surface area is 641 Å². The van der Waals surface area contributed by atoms with Gasteiger partial charge in [-0.3, -0.25) is 49.4 Å². The number of hydrogen-bond acceptors (Lipinski definition) is 17. The third kappa shape index (κ3) is 17.2. The highest BCUT2D eigenvalue weighted by Gasteiger charge is 2.25. The number of amides is 4. The normalized spacial score (nSPS) is 12.9. The van der Waals surface area contributed by atoms with Gasteiger partial charge in [-0.25, -0.2) is 33.1 Å². The van der Waals surface area contributed by atoms with Crippen molar-refractivity contribution in [1.82, 2.24) is 90.5 Å². The molecule has 113 heavy (non-hydrogen) atoms. The molecule has 0 bridgehead atoms. The summed E-state index contributed by atoms with van der Waals surface area (Å²) in [6.07, 6.45) is 8.46. The molecular formula is C81H73F3N22O7. The third-order valence-corrected chi connectivity index (χ3v) is 18.7. The van der Waals surface area contributed by atoms with Crippen molar-refractivity contribution >= 4 is 90.5 Å². The zero-order valence-electron chi connectivity index (χ0n) is 60.8. The molecule has 8 aromatic carbocycles. The van der Waals surface area contributed by atoms with E-state index in [-0.39, 0.29) is 23.1 Å². The maximum atomic E-state index is 14.1. The molecular weight excluding hydrogens is 1450 g/mol. The fourth-order valence-corrected chi connectivity index (χ4v) is 12.9. The highest BCUT2D eigenvalue weighted by molar-refractivity contribution is 6.09. The molecule has 2 aliphatic rings. The van der Waals surface area contributed by atoms with Crippen molar-refractivity contribution in [3.8, 4) is 57.6 Å². The maximum absolute atomic E-state index is 14.1. The number of anilines is 4. The van der Waals surface area contributed by atoms with E-state index in [4.69, 9.17) is 14.2 Å². The molecule has 12 N–H and O–H groups in total. The summed E-state index contributed by atoms with van der Waals surface area (Å²) in [5.41, 5.74) is 12.6. The minimum absolute atomic E-state index is 0.0169. The summed E-state index contributed by atoms with van der Waals surface area (Å²) in [5, 5.41) is 38.4. The van der Waals surface area contributed by atoms with Crippen molar-refractivity contribution in [2.24, 2.45) is 0 Å². The predicted molar refractivity (Wildman–Crippen MR) is 421 cm³/mol. The SMILES string of the molecule is COc1cccc(C(=O)Nc2cn[nH]c2-c2nc3ccccc3[nH]2)c1.Cc1cccc(C(=O)Nc2cn[nH]c2-c2nc3ccccc3[nH]2)c1F.O=C(Nc1cn[nH]c1-c1nc2ccc(CN3CCOCC3)cc2[nH]1)c1c(F)cccc1F.O=C(Nc1cn[nH]c1-c1nc2ccccc2[nH]1)c1ccccc1OCCN1CCCC1. The van der Waals surface area contributed by atoms with Gasteiger partial charge in [0.15, 0.2) is 23.3 Å². The van der Waals surface area contributed by atoms with Gasteiger partial charge in [-0.05, 0) is 141 Å². The number of imidazole rings is 4. The number of aryl methyl sites for hydroxylation is 1. The third-order valence-electron chi connectivity index (χ3n) is 18.7. The molecule has 32 heteroatoms. The molecule has 0 saturated carbocycles. The summed E-state index contributed by atoms with van der Waals surface area (Å²) in [6, 6.07) is 51.3. The Bertz CT molecular complexity index is 5940. The number of carbonyl (C=O) groups is 4. The Morgan fingerprint density at radius 2 is 0.912 bits per heavy atom. The van der Waals surface area contributed by atoms with E-state index in [9.17, 15) is 32.3 Å². The second-order valence-corrected chi connectivity index (χ2v) is 26.2. The summed E-state index contributed by atoms with van der Waals surface area (Å²) in [5.74, 6) is -0.958. The number of aromatic nitrogens is 16. The first-order valence-corrected chi connectivity index (χ1v) is 36.0. The van der Waals surface area contributed by atoms with E-state index >= 15 is 0 Å². The second-order valence-electron chi connectivity index (χ2n) is 26.2. The summed E-state index contributed by atoms with van der Waals surface area (Å²) in [4.78, 5) is 86.1. The van der Waals surface area contributed by atoms with Gasteiger partial charge < -0.3 is 55.4 Å². The van der Waals surface area contributed by atoms with Crippen LogP contribution in [-0.4, -0.2) is 174 Å². The number of rotatable bonds is 19. The van der Waals surface area contributed by atoms with E-state index < -0.39 is 34.8 Å². The predicted octanol–water partition coefficient (Wildman–Crippen LogP) is 13.9.